The second kappa shape index (κ2) is 7.25. The Hall–Kier alpha value is -3.02. The van der Waals surface area contributed by atoms with Crippen molar-refractivity contribution < 1.29 is 4.79 Å². The molecule has 1 N–H and O–H groups in total. The monoisotopic (exact) mass is 335 g/mol. The molecule has 0 bridgehead atoms. The summed E-state index contributed by atoms with van der Waals surface area (Å²) < 4.78 is 1.94. The topological polar surface area (TPSA) is 72.7 Å². The van der Waals surface area contributed by atoms with Crippen LogP contribution in [0.4, 0.5) is 0 Å². The van der Waals surface area contributed by atoms with E-state index in [9.17, 15) is 4.79 Å². The number of aromatic nitrogens is 4. The van der Waals surface area contributed by atoms with Crippen LogP contribution < -0.4 is 5.32 Å². The number of hydrogen-bond donors (Lipinski definition) is 1. The molecule has 2 heterocycles. The maximum absolute atomic E-state index is 12.3. The molecule has 0 fully saturated rings. The molecule has 0 saturated carbocycles. The van der Waals surface area contributed by atoms with Gasteiger partial charge in [0.2, 0.25) is 0 Å². The van der Waals surface area contributed by atoms with Crippen molar-refractivity contribution in [1.29, 1.82) is 0 Å². The number of carbonyl (C=O) groups excluding carboxylic acids is 1. The minimum Gasteiger partial charge on any atom is -0.350 e. The van der Waals surface area contributed by atoms with Crippen LogP contribution in [0.2, 0.25) is 0 Å². The molecule has 0 radical (unpaired) electrons. The SMILES string of the molecule is Cc1cc(C)n([C@@H](C)CNC(=O)c2ccc(-c3ncccn3)cc2)n1. The lowest BCUT2D eigenvalue weighted by molar-refractivity contribution is 0.0947. The predicted octanol–water partition coefficient (Wildman–Crippen LogP) is 2.95. The van der Waals surface area contributed by atoms with Crippen molar-refractivity contribution in [3.05, 3.63) is 65.7 Å². The molecule has 0 aliphatic rings. The third-order valence-electron chi connectivity index (χ3n) is 3.99. The largest absolute Gasteiger partial charge is 0.350 e. The Balaban J connectivity index is 1.62. The fourth-order valence-corrected chi connectivity index (χ4v) is 2.74. The van der Waals surface area contributed by atoms with E-state index in [1.54, 1.807) is 30.6 Å². The summed E-state index contributed by atoms with van der Waals surface area (Å²) in [4.78, 5) is 20.8. The van der Waals surface area contributed by atoms with E-state index < -0.39 is 0 Å². The number of nitrogens with zero attached hydrogens (tertiary/aromatic N) is 4. The first kappa shape index (κ1) is 16.8. The van der Waals surface area contributed by atoms with Crippen molar-refractivity contribution in [3.63, 3.8) is 0 Å². The number of rotatable bonds is 5. The van der Waals surface area contributed by atoms with Gasteiger partial charge in [0.25, 0.3) is 5.91 Å². The molecule has 0 spiro atoms. The number of amides is 1. The van der Waals surface area contributed by atoms with Gasteiger partial charge in [-0.05, 0) is 45.0 Å². The number of benzene rings is 1. The van der Waals surface area contributed by atoms with Crippen molar-refractivity contribution in [3.8, 4) is 11.4 Å². The fraction of sp³-hybridized carbons (Fsp3) is 0.263. The maximum atomic E-state index is 12.3. The van der Waals surface area contributed by atoms with Gasteiger partial charge in [-0.2, -0.15) is 5.10 Å². The minimum atomic E-state index is -0.103. The van der Waals surface area contributed by atoms with E-state index in [4.69, 9.17) is 0 Å². The molecule has 128 valence electrons. The van der Waals surface area contributed by atoms with Crippen molar-refractivity contribution >= 4 is 5.91 Å². The van der Waals surface area contributed by atoms with Gasteiger partial charge in [-0.15, -0.1) is 0 Å². The standard InChI is InChI=1S/C19H21N5O/c1-13-11-14(2)24(23-13)15(3)12-22-19(25)17-7-5-16(6-8-17)18-20-9-4-10-21-18/h4-11,15H,12H2,1-3H3,(H,22,25)/t15-/m0/s1. The maximum Gasteiger partial charge on any atom is 0.251 e. The zero-order valence-corrected chi connectivity index (χ0v) is 14.6. The lowest BCUT2D eigenvalue weighted by Gasteiger charge is -2.15. The van der Waals surface area contributed by atoms with Crippen LogP contribution in [-0.2, 0) is 0 Å². The first-order valence-electron chi connectivity index (χ1n) is 8.23. The second-order valence-corrected chi connectivity index (χ2v) is 6.08. The molecule has 1 aromatic carbocycles. The number of nitrogens with one attached hydrogen (secondary N) is 1. The molecule has 1 amide bonds. The first-order valence-corrected chi connectivity index (χ1v) is 8.23. The van der Waals surface area contributed by atoms with Gasteiger partial charge in [-0.25, -0.2) is 9.97 Å². The molecule has 0 aliphatic carbocycles. The predicted molar refractivity (Wildman–Crippen MR) is 96.2 cm³/mol. The summed E-state index contributed by atoms with van der Waals surface area (Å²) >= 11 is 0. The zero-order chi connectivity index (χ0) is 17.8. The molecule has 6 heteroatoms. The average Bonchev–Trinajstić information content (AvgIpc) is 2.98. The lowest BCUT2D eigenvalue weighted by Crippen LogP contribution is -2.30. The van der Waals surface area contributed by atoms with Crippen LogP contribution in [0.3, 0.4) is 0 Å². The second-order valence-electron chi connectivity index (χ2n) is 6.08. The molecule has 6 nitrogen and oxygen atoms in total. The molecule has 0 unspecified atom stereocenters. The van der Waals surface area contributed by atoms with Crippen LogP contribution in [0.25, 0.3) is 11.4 Å². The highest BCUT2D eigenvalue weighted by atomic mass is 16.1. The highest BCUT2D eigenvalue weighted by Gasteiger charge is 2.12. The Kier molecular flexibility index (Phi) is 4.88. The van der Waals surface area contributed by atoms with Gasteiger partial charge in [-0.3, -0.25) is 9.48 Å². The van der Waals surface area contributed by atoms with Gasteiger partial charge >= 0.3 is 0 Å². The van der Waals surface area contributed by atoms with Gasteiger partial charge in [0.15, 0.2) is 5.82 Å². The molecule has 1 atom stereocenters. The van der Waals surface area contributed by atoms with Gasteiger partial charge in [0.1, 0.15) is 0 Å². The molecular formula is C19H21N5O. The van der Waals surface area contributed by atoms with Crippen LogP contribution in [0.15, 0.2) is 48.8 Å². The Morgan fingerprint density at radius 2 is 1.84 bits per heavy atom. The molecule has 0 saturated heterocycles. The van der Waals surface area contributed by atoms with Gasteiger partial charge in [0.05, 0.1) is 11.7 Å². The van der Waals surface area contributed by atoms with Crippen LogP contribution >= 0.6 is 0 Å². The average molecular weight is 335 g/mol. The third kappa shape index (κ3) is 3.91. The van der Waals surface area contributed by atoms with Crippen LogP contribution in [-0.4, -0.2) is 32.2 Å². The van der Waals surface area contributed by atoms with E-state index in [1.165, 1.54) is 0 Å². The van der Waals surface area contributed by atoms with Crippen molar-refractivity contribution in [2.45, 2.75) is 26.8 Å². The Labute approximate surface area is 146 Å². The van der Waals surface area contributed by atoms with E-state index in [0.717, 1.165) is 17.0 Å². The summed E-state index contributed by atoms with van der Waals surface area (Å²) in [5, 5.41) is 7.42. The first-order chi connectivity index (χ1) is 12.0. The van der Waals surface area contributed by atoms with E-state index >= 15 is 0 Å². The van der Waals surface area contributed by atoms with E-state index in [0.29, 0.717) is 17.9 Å². The molecule has 2 aromatic heterocycles. The Bertz CT molecular complexity index is 855. The van der Waals surface area contributed by atoms with Crippen molar-refractivity contribution in [2.24, 2.45) is 0 Å². The summed E-state index contributed by atoms with van der Waals surface area (Å²) in [6.07, 6.45) is 3.40. The normalized spacial score (nSPS) is 12.0. The molecular weight excluding hydrogens is 314 g/mol. The number of carbonyl (C=O) groups is 1. The summed E-state index contributed by atoms with van der Waals surface area (Å²) in [5.41, 5.74) is 3.56. The van der Waals surface area contributed by atoms with Crippen molar-refractivity contribution in [2.75, 3.05) is 6.54 Å². The quantitative estimate of drug-likeness (QED) is 0.778. The van der Waals surface area contributed by atoms with E-state index in [2.05, 4.69) is 20.4 Å². The smallest absolute Gasteiger partial charge is 0.251 e. The Morgan fingerprint density at radius 3 is 2.44 bits per heavy atom. The zero-order valence-electron chi connectivity index (χ0n) is 14.6. The van der Waals surface area contributed by atoms with Gasteiger partial charge < -0.3 is 5.32 Å². The van der Waals surface area contributed by atoms with E-state index in [-0.39, 0.29) is 11.9 Å². The minimum absolute atomic E-state index is 0.0923. The highest BCUT2D eigenvalue weighted by molar-refractivity contribution is 5.94. The molecule has 0 aliphatic heterocycles. The lowest BCUT2D eigenvalue weighted by atomic mass is 10.1. The van der Waals surface area contributed by atoms with Crippen molar-refractivity contribution in [1.82, 2.24) is 25.1 Å². The summed E-state index contributed by atoms with van der Waals surface area (Å²) in [6, 6.07) is 11.2. The fourth-order valence-electron chi connectivity index (χ4n) is 2.74. The van der Waals surface area contributed by atoms with E-state index in [1.807, 2.05) is 43.7 Å². The van der Waals surface area contributed by atoms with Gasteiger partial charge in [0, 0.05) is 35.8 Å². The third-order valence-corrected chi connectivity index (χ3v) is 3.99. The number of hydrogen-bond acceptors (Lipinski definition) is 4. The Morgan fingerprint density at radius 1 is 1.16 bits per heavy atom. The molecule has 25 heavy (non-hydrogen) atoms. The summed E-state index contributed by atoms with van der Waals surface area (Å²) in [5.74, 6) is 0.543. The molecule has 3 aromatic rings. The number of aryl methyl sites for hydroxylation is 2. The van der Waals surface area contributed by atoms with Crippen LogP contribution in [0, 0.1) is 13.8 Å². The summed E-state index contributed by atoms with van der Waals surface area (Å²) in [6.45, 7) is 6.54. The van der Waals surface area contributed by atoms with Crippen LogP contribution in [0.5, 0.6) is 0 Å². The highest BCUT2D eigenvalue weighted by Crippen LogP contribution is 2.15. The molecule has 3 rings (SSSR count). The van der Waals surface area contributed by atoms with Gasteiger partial charge in [-0.1, -0.05) is 12.1 Å². The summed E-state index contributed by atoms with van der Waals surface area (Å²) in [7, 11) is 0. The van der Waals surface area contributed by atoms with Crippen LogP contribution in [0.1, 0.15) is 34.7 Å².